The molecule has 0 saturated carbocycles. The number of rotatable bonds is 14. The average Bonchev–Trinajstić information content (AvgIpc) is 2.93. The van der Waals surface area contributed by atoms with Crippen LogP contribution in [0.4, 0.5) is 5.82 Å². The number of methoxy groups -OCH3 is 2. The van der Waals surface area contributed by atoms with E-state index in [0.29, 0.717) is 41.5 Å². The van der Waals surface area contributed by atoms with Gasteiger partial charge in [0.1, 0.15) is 5.69 Å². The van der Waals surface area contributed by atoms with Crippen LogP contribution in [-0.4, -0.2) is 49.7 Å². The van der Waals surface area contributed by atoms with Gasteiger partial charge in [0.15, 0.2) is 23.2 Å². The van der Waals surface area contributed by atoms with E-state index < -0.39 is 5.92 Å². The number of hydrogen-bond donors (Lipinski definition) is 1. The molecule has 2 aromatic carbocycles. The van der Waals surface area contributed by atoms with Crippen LogP contribution in [0.3, 0.4) is 0 Å². The zero-order valence-corrected chi connectivity index (χ0v) is 22.3. The number of benzene rings is 2. The summed E-state index contributed by atoms with van der Waals surface area (Å²) in [6, 6.07) is 15.4. The van der Waals surface area contributed by atoms with Gasteiger partial charge >= 0.3 is 0 Å². The van der Waals surface area contributed by atoms with Crippen LogP contribution < -0.4 is 19.7 Å². The smallest absolute Gasteiger partial charge is 0.243 e. The molecule has 0 radical (unpaired) electrons. The van der Waals surface area contributed by atoms with Crippen LogP contribution >= 0.6 is 0 Å². The van der Waals surface area contributed by atoms with Crippen molar-refractivity contribution < 1.29 is 14.3 Å². The van der Waals surface area contributed by atoms with Crippen molar-refractivity contribution in [3.8, 4) is 17.6 Å². The van der Waals surface area contributed by atoms with Gasteiger partial charge in [-0.25, -0.2) is 9.97 Å². The summed E-state index contributed by atoms with van der Waals surface area (Å²) in [6.07, 6.45) is 4.65. The Balaban J connectivity index is 1.85. The lowest BCUT2D eigenvalue weighted by molar-refractivity contribution is -0.121. The standard InChI is InChI=1S/C29H37N5O3/c1-5-7-17-34(18-8-6-2)28-27(32-23-11-9-10-12-24(23)33-28)22(20-30)29(35)31-16-15-21-13-14-25(36-3)26(19-21)37-4/h9-14,19,22H,5-8,15-18H2,1-4H3,(H,31,35)/t22-/m0/s1. The quantitative estimate of drug-likeness (QED) is 0.330. The fourth-order valence-electron chi connectivity index (χ4n) is 4.16. The SMILES string of the molecule is CCCCN(CCCC)c1nc2ccccc2nc1[C@H](C#N)C(=O)NCCc1ccc(OC)c(OC)c1. The lowest BCUT2D eigenvalue weighted by Gasteiger charge is -2.26. The number of hydrogen-bond acceptors (Lipinski definition) is 7. The first-order valence-electron chi connectivity index (χ1n) is 13.0. The highest BCUT2D eigenvalue weighted by atomic mass is 16.5. The molecule has 0 aliphatic heterocycles. The Morgan fingerprint density at radius 3 is 2.24 bits per heavy atom. The molecule has 0 fully saturated rings. The molecule has 3 rings (SSSR count). The molecule has 8 nitrogen and oxygen atoms in total. The van der Waals surface area contributed by atoms with Gasteiger partial charge in [-0.3, -0.25) is 4.79 Å². The first-order chi connectivity index (χ1) is 18.1. The van der Waals surface area contributed by atoms with Crippen molar-refractivity contribution in [3.63, 3.8) is 0 Å². The number of carbonyl (C=O) groups excluding carboxylic acids is 1. The summed E-state index contributed by atoms with van der Waals surface area (Å²) in [5.41, 5.74) is 2.83. The van der Waals surface area contributed by atoms with Gasteiger partial charge in [0.25, 0.3) is 0 Å². The Morgan fingerprint density at radius 1 is 1.00 bits per heavy atom. The van der Waals surface area contributed by atoms with Crippen molar-refractivity contribution in [3.05, 3.63) is 53.7 Å². The predicted octanol–water partition coefficient (Wildman–Crippen LogP) is 5.02. The summed E-state index contributed by atoms with van der Waals surface area (Å²) >= 11 is 0. The highest BCUT2D eigenvalue weighted by molar-refractivity contribution is 5.88. The normalized spacial score (nSPS) is 11.5. The number of nitrogens with one attached hydrogen (secondary N) is 1. The van der Waals surface area contributed by atoms with E-state index in [1.165, 1.54) is 0 Å². The number of nitriles is 1. The lowest BCUT2D eigenvalue weighted by atomic mass is 10.0. The van der Waals surface area contributed by atoms with Crippen LogP contribution in [0.2, 0.25) is 0 Å². The molecule has 1 heterocycles. The average molecular weight is 504 g/mol. The maximum absolute atomic E-state index is 13.3. The van der Waals surface area contributed by atoms with Crippen LogP contribution in [0.1, 0.15) is 56.7 Å². The summed E-state index contributed by atoms with van der Waals surface area (Å²) in [7, 11) is 3.18. The Hall–Kier alpha value is -3.86. The number of unbranched alkanes of at least 4 members (excludes halogenated alkanes) is 2. The summed E-state index contributed by atoms with van der Waals surface area (Å²) in [4.78, 5) is 25.1. The van der Waals surface area contributed by atoms with Crippen LogP contribution in [0.15, 0.2) is 42.5 Å². The zero-order chi connectivity index (χ0) is 26.6. The van der Waals surface area contributed by atoms with E-state index in [0.717, 1.165) is 49.9 Å². The van der Waals surface area contributed by atoms with Gasteiger partial charge in [-0.1, -0.05) is 44.9 Å². The number of amides is 1. The van der Waals surface area contributed by atoms with Gasteiger partial charge in [0.05, 0.1) is 31.3 Å². The molecule has 0 unspecified atom stereocenters. The molecule has 3 aromatic rings. The second kappa shape index (κ2) is 14.0. The van der Waals surface area contributed by atoms with Crippen molar-refractivity contribution in [2.24, 2.45) is 0 Å². The molecule has 1 N–H and O–H groups in total. The largest absolute Gasteiger partial charge is 0.493 e. The molecule has 0 bridgehead atoms. The maximum Gasteiger partial charge on any atom is 0.243 e. The van der Waals surface area contributed by atoms with Crippen LogP contribution in [0.25, 0.3) is 11.0 Å². The number of aromatic nitrogens is 2. The van der Waals surface area contributed by atoms with Crippen molar-refractivity contribution in [1.29, 1.82) is 5.26 Å². The molecule has 0 aliphatic rings. The number of para-hydroxylation sites is 2. The van der Waals surface area contributed by atoms with Crippen LogP contribution in [-0.2, 0) is 11.2 Å². The Bertz CT molecular complexity index is 1220. The zero-order valence-electron chi connectivity index (χ0n) is 22.3. The second-order valence-electron chi connectivity index (χ2n) is 8.91. The summed E-state index contributed by atoms with van der Waals surface area (Å²) in [6.45, 7) is 6.27. The molecule has 1 aromatic heterocycles. The van der Waals surface area contributed by atoms with Gasteiger partial charge in [-0.2, -0.15) is 5.26 Å². The summed E-state index contributed by atoms with van der Waals surface area (Å²) in [5.74, 6) is 0.472. The van der Waals surface area contributed by atoms with Crippen molar-refractivity contribution >= 4 is 22.8 Å². The molecule has 0 aliphatic carbocycles. The van der Waals surface area contributed by atoms with Crippen molar-refractivity contribution in [2.75, 3.05) is 38.8 Å². The minimum atomic E-state index is -1.07. The van der Waals surface area contributed by atoms with E-state index in [9.17, 15) is 10.1 Å². The first-order valence-corrected chi connectivity index (χ1v) is 13.0. The van der Waals surface area contributed by atoms with E-state index in [2.05, 4.69) is 30.1 Å². The topological polar surface area (TPSA) is 100 Å². The molecule has 196 valence electrons. The Morgan fingerprint density at radius 2 is 1.65 bits per heavy atom. The molecule has 0 saturated heterocycles. The van der Waals surface area contributed by atoms with E-state index in [1.807, 2.05) is 42.5 Å². The monoisotopic (exact) mass is 503 g/mol. The first kappa shape index (κ1) is 27.7. The number of nitrogens with zero attached hydrogens (tertiary/aromatic N) is 4. The molecule has 0 spiro atoms. The molecule has 1 atom stereocenters. The van der Waals surface area contributed by atoms with Crippen molar-refractivity contribution in [2.45, 2.75) is 51.9 Å². The van der Waals surface area contributed by atoms with Gasteiger partial charge in [-0.05, 0) is 49.1 Å². The number of anilines is 1. The minimum absolute atomic E-state index is 0.373. The molecule has 1 amide bonds. The number of carbonyl (C=O) groups is 1. The molecule has 37 heavy (non-hydrogen) atoms. The molecular weight excluding hydrogens is 466 g/mol. The predicted molar refractivity (Wildman–Crippen MR) is 146 cm³/mol. The Labute approximate surface area is 219 Å². The van der Waals surface area contributed by atoms with E-state index in [4.69, 9.17) is 19.4 Å². The maximum atomic E-state index is 13.3. The van der Waals surface area contributed by atoms with Crippen molar-refractivity contribution in [1.82, 2.24) is 15.3 Å². The summed E-state index contributed by atoms with van der Waals surface area (Å²) in [5, 5.41) is 13.0. The van der Waals surface area contributed by atoms with Crippen LogP contribution in [0, 0.1) is 11.3 Å². The lowest BCUT2D eigenvalue weighted by Crippen LogP contribution is -2.34. The van der Waals surface area contributed by atoms with Gasteiger partial charge in [0.2, 0.25) is 5.91 Å². The van der Waals surface area contributed by atoms with Crippen LogP contribution in [0.5, 0.6) is 11.5 Å². The van der Waals surface area contributed by atoms with E-state index in [1.54, 1.807) is 14.2 Å². The third-order valence-corrected chi connectivity index (χ3v) is 6.27. The second-order valence-corrected chi connectivity index (χ2v) is 8.91. The Kier molecular flexibility index (Phi) is 10.5. The number of fused-ring (bicyclic) bond motifs is 1. The highest BCUT2D eigenvalue weighted by Crippen LogP contribution is 2.29. The van der Waals surface area contributed by atoms with Gasteiger partial charge < -0.3 is 19.7 Å². The molecule has 8 heteroatoms. The third-order valence-electron chi connectivity index (χ3n) is 6.27. The van der Waals surface area contributed by atoms with E-state index in [-0.39, 0.29) is 5.91 Å². The van der Waals surface area contributed by atoms with E-state index >= 15 is 0 Å². The fourth-order valence-corrected chi connectivity index (χ4v) is 4.16. The summed E-state index contributed by atoms with van der Waals surface area (Å²) < 4.78 is 10.7. The third kappa shape index (κ3) is 7.10. The molecular formula is C29H37N5O3. The minimum Gasteiger partial charge on any atom is -0.493 e. The van der Waals surface area contributed by atoms with Gasteiger partial charge in [-0.15, -0.1) is 0 Å². The fraction of sp³-hybridized carbons (Fsp3) is 0.448. The van der Waals surface area contributed by atoms with Gasteiger partial charge in [0, 0.05) is 19.6 Å². The highest BCUT2D eigenvalue weighted by Gasteiger charge is 2.28. The number of ether oxygens (including phenoxy) is 2.